The van der Waals surface area contributed by atoms with E-state index in [2.05, 4.69) is 20.8 Å². The van der Waals surface area contributed by atoms with Gasteiger partial charge in [0.05, 0.1) is 13.2 Å². The molecule has 0 saturated heterocycles. The van der Waals surface area contributed by atoms with Crippen LogP contribution in [0.1, 0.15) is 111 Å². The Morgan fingerprint density at radius 3 is 1.42 bits per heavy atom. The van der Waals surface area contributed by atoms with E-state index in [0.717, 1.165) is 38.5 Å². The molecule has 0 rings (SSSR count). The monoisotopic (exact) mass is 370 g/mol. The third-order valence-electron chi connectivity index (χ3n) is 4.72. The highest BCUT2D eigenvalue weighted by atomic mass is 16.5. The van der Waals surface area contributed by atoms with Crippen LogP contribution in [-0.2, 0) is 19.1 Å². The van der Waals surface area contributed by atoms with E-state index in [9.17, 15) is 9.59 Å². The van der Waals surface area contributed by atoms with Crippen LogP contribution >= 0.6 is 0 Å². The van der Waals surface area contributed by atoms with Crippen LogP contribution in [0.4, 0.5) is 0 Å². The van der Waals surface area contributed by atoms with E-state index in [0.29, 0.717) is 32.0 Å². The van der Waals surface area contributed by atoms with Gasteiger partial charge in [-0.1, -0.05) is 72.1 Å². The molecule has 0 aromatic heterocycles. The van der Waals surface area contributed by atoms with Gasteiger partial charge in [0.25, 0.3) is 0 Å². The van der Waals surface area contributed by atoms with Crippen molar-refractivity contribution < 1.29 is 19.1 Å². The molecule has 0 aromatic rings. The first-order valence-electron chi connectivity index (χ1n) is 10.9. The van der Waals surface area contributed by atoms with Crippen LogP contribution in [0, 0.1) is 5.92 Å². The Morgan fingerprint density at radius 1 is 0.654 bits per heavy atom. The van der Waals surface area contributed by atoms with E-state index < -0.39 is 0 Å². The molecule has 0 heterocycles. The molecule has 0 aliphatic carbocycles. The third-order valence-corrected chi connectivity index (χ3v) is 4.72. The van der Waals surface area contributed by atoms with Crippen LogP contribution in [0.25, 0.3) is 0 Å². The lowest BCUT2D eigenvalue weighted by Gasteiger charge is -2.12. The summed E-state index contributed by atoms with van der Waals surface area (Å²) < 4.78 is 10.6. The molecule has 0 bridgehead atoms. The molecule has 0 spiro atoms. The maximum Gasteiger partial charge on any atom is 0.305 e. The van der Waals surface area contributed by atoms with Crippen LogP contribution in [-0.4, -0.2) is 25.2 Å². The maximum atomic E-state index is 11.6. The molecule has 0 aliphatic heterocycles. The molecule has 0 amide bonds. The van der Waals surface area contributed by atoms with Crippen LogP contribution in [0.5, 0.6) is 0 Å². The fraction of sp³-hybridized carbons (Fsp3) is 0.909. The van der Waals surface area contributed by atoms with E-state index in [4.69, 9.17) is 9.47 Å². The third kappa shape index (κ3) is 17.8. The van der Waals surface area contributed by atoms with Crippen molar-refractivity contribution in [3.8, 4) is 0 Å². The van der Waals surface area contributed by atoms with Gasteiger partial charge < -0.3 is 9.47 Å². The number of unbranched alkanes of at least 4 members (excludes halogenated alkanes) is 8. The first kappa shape index (κ1) is 24.9. The second kappa shape index (κ2) is 18.7. The Bertz CT molecular complexity index is 309. The van der Waals surface area contributed by atoms with E-state index in [-0.39, 0.29) is 11.9 Å². The van der Waals surface area contributed by atoms with Gasteiger partial charge in [-0.15, -0.1) is 0 Å². The highest BCUT2D eigenvalue weighted by Gasteiger charge is 2.08. The Morgan fingerprint density at radius 2 is 1.04 bits per heavy atom. The lowest BCUT2D eigenvalue weighted by atomic mass is 10.1. The second-order valence-corrected chi connectivity index (χ2v) is 7.45. The quantitative estimate of drug-likeness (QED) is 0.212. The van der Waals surface area contributed by atoms with Gasteiger partial charge in [0, 0.05) is 12.8 Å². The lowest BCUT2D eigenvalue weighted by Crippen LogP contribution is -2.11. The fourth-order valence-corrected chi connectivity index (χ4v) is 2.78. The Balaban J connectivity index is 3.46. The number of carbonyl (C=O) groups is 2. The molecule has 0 radical (unpaired) electrons. The first-order chi connectivity index (χ1) is 12.6. The summed E-state index contributed by atoms with van der Waals surface area (Å²) in [5.74, 6) is 0.233. The largest absolute Gasteiger partial charge is 0.466 e. The van der Waals surface area contributed by atoms with Gasteiger partial charge in [-0.05, 0) is 31.6 Å². The van der Waals surface area contributed by atoms with Gasteiger partial charge in [-0.3, -0.25) is 9.59 Å². The number of hydrogen-bond donors (Lipinski definition) is 0. The van der Waals surface area contributed by atoms with Gasteiger partial charge in [-0.2, -0.15) is 0 Å². The fourth-order valence-electron chi connectivity index (χ4n) is 2.78. The van der Waals surface area contributed by atoms with Crippen molar-refractivity contribution >= 4 is 11.9 Å². The zero-order chi connectivity index (χ0) is 19.5. The highest BCUT2D eigenvalue weighted by molar-refractivity contribution is 5.69. The molecule has 4 heteroatoms. The van der Waals surface area contributed by atoms with Crippen molar-refractivity contribution in [2.75, 3.05) is 13.2 Å². The topological polar surface area (TPSA) is 52.6 Å². The van der Waals surface area contributed by atoms with Gasteiger partial charge in [0.15, 0.2) is 0 Å². The Kier molecular flexibility index (Phi) is 18.0. The average Bonchev–Trinajstić information content (AvgIpc) is 2.61. The van der Waals surface area contributed by atoms with Crippen molar-refractivity contribution in [1.29, 1.82) is 0 Å². The standard InChI is InChI=1S/C22H42O4/c1-4-6-8-10-12-14-21(23)25-18-16-20(3)17-19-26-22(24)15-13-11-9-7-5-2/h20H,4-19H2,1-3H3. The molecule has 154 valence electrons. The molecule has 0 N–H and O–H groups in total. The van der Waals surface area contributed by atoms with Crippen molar-refractivity contribution in [3.63, 3.8) is 0 Å². The number of esters is 2. The summed E-state index contributed by atoms with van der Waals surface area (Å²) in [5.41, 5.74) is 0. The van der Waals surface area contributed by atoms with Gasteiger partial charge in [0.2, 0.25) is 0 Å². The van der Waals surface area contributed by atoms with Crippen LogP contribution < -0.4 is 0 Å². The summed E-state index contributed by atoms with van der Waals surface area (Å²) in [4.78, 5) is 23.3. The van der Waals surface area contributed by atoms with E-state index in [1.165, 1.54) is 38.5 Å². The van der Waals surface area contributed by atoms with Gasteiger partial charge in [0.1, 0.15) is 0 Å². The second-order valence-electron chi connectivity index (χ2n) is 7.45. The van der Waals surface area contributed by atoms with Crippen LogP contribution in [0.2, 0.25) is 0 Å². The minimum Gasteiger partial charge on any atom is -0.466 e. The lowest BCUT2D eigenvalue weighted by molar-refractivity contribution is -0.144. The average molecular weight is 371 g/mol. The first-order valence-corrected chi connectivity index (χ1v) is 10.9. The SMILES string of the molecule is CCCCCCCC(=O)OCCC(C)CCOC(=O)CCCCCCC. The van der Waals surface area contributed by atoms with Crippen LogP contribution in [0.3, 0.4) is 0 Å². The normalized spacial score (nSPS) is 10.9. The summed E-state index contributed by atoms with van der Waals surface area (Å²) in [7, 11) is 0. The predicted molar refractivity (Wildman–Crippen MR) is 107 cm³/mol. The molecule has 26 heavy (non-hydrogen) atoms. The molecule has 0 saturated carbocycles. The van der Waals surface area contributed by atoms with E-state index >= 15 is 0 Å². The Hall–Kier alpha value is -1.06. The molecule has 0 aliphatic rings. The maximum absolute atomic E-state index is 11.6. The number of rotatable bonds is 18. The summed E-state index contributed by atoms with van der Waals surface area (Å²) in [6.45, 7) is 7.42. The van der Waals surface area contributed by atoms with Gasteiger partial charge >= 0.3 is 11.9 Å². The minimum absolute atomic E-state index is 0.0804. The number of ether oxygens (including phenoxy) is 2. The van der Waals surface area contributed by atoms with Crippen molar-refractivity contribution in [3.05, 3.63) is 0 Å². The number of carbonyl (C=O) groups excluding carboxylic acids is 2. The van der Waals surface area contributed by atoms with Crippen molar-refractivity contribution in [2.45, 2.75) is 111 Å². The molecular weight excluding hydrogens is 328 g/mol. The molecule has 0 atom stereocenters. The summed E-state index contributed by atoms with van der Waals surface area (Å²) in [6, 6.07) is 0. The van der Waals surface area contributed by atoms with Crippen LogP contribution in [0.15, 0.2) is 0 Å². The predicted octanol–water partition coefficient (Wildman–Crippen LogP) is 6.21. The van der Waals surface area contributed by atoms with Crippen molar-refractivity contribution in [2.24, 2.45) is 5.92 Å². The zero-order valence-corrected chi connectivity index (χ0v) is 17.5. The molecule has 0 fully saturated rings. The molecule has 4 nitrogen and oxygen atoms in total. The summed E-state index contributed by atoms with van der Waals surface area (Å²) >= 11 is 0. The van der Waals surface area contributed by atoms with E-state index in [1.807, 2.05) is 0 Å². The molecule has 0 unspecified atom stereocenters. The number of hydrogen-bond acceptors (Lipinski definition) is 4. The summed E-state index contributed by atoms with van der Waals surface area (Å²) in [6.07, 6.45) is 14.2. The zero-order valence-electron chi connectivity index (χ0n) is 17.5. The minimum atomic E-state index is -0.0804. The van der Waals surface area contributed by atoms with Crippen molar-refractivity contribution in [1.82, 2.24) is 0 Å². The highest BCUT2D eigenvalue weighted by Crippen LogP contribution is 2.11. The molecular formula is C22H42O4. The van der Waals surface area contributed by atoms with Gasteiger partial charge in [-0.25, -0.2) is 0 Å². The van der Waals surface area contributed by atoms with E-state index in [1.54, 1.807) is 0 Å². The Labute approximate surface area is 161 Å². The smallest absolute Gasteiger partial charge is 0.305 e. The summed E-state index contributed by atoms with van der Waals surface area (Å²) in [5, 5.41) is 0. The molecule has 0 aromatic carbocycles.